The molecule has 0 aliphatic rings. The van der Waals surface area contributed by atoms with E-state index in [2.05, 4.69) is 25.6 Å². The van der Waals surface area contributed by atoms with Crippen molar-refractivity contribution >= 4 is 39.5 Å². The lowest BCUT2D eigenvalue weighted by molar-refractivity contribution is -0.383. The molecule has 0 aliphatic carbocycles. The van der Waals surface area contributed by atoms with Crippen LogP contribution in [0.4, 0.5) is 36.9 Å². The average molecular weight is 378 g/mol. The smallest absolute Gasteiger partial charge is 0.334 e. The third-order valence-electron chi connectivity index (χ3n) is 3.44. The molecule has 0 fully saturated rings. The van der Waals surface area contributed by atoms with Crippen LogP contribution in [0.2, 0.25) is 0 Å². The van der Waals surface area contributed by atoms with E-state index in [9.17, 15) is 18.9 Å². The Morgan fingerprint density at radius 2 is 1.81 bits per heavy atom. The first-order chi connectivity index (χ1) is 12.3. The predicted octanol–water partition coefficient (Wildman–Crippen LogP) is 4.22. The number of nitro groups is 1. The highest BCUT2D eigenvalue weighted by atomic mass is 32.1. The van der Waals surface area contributed by atoms with Crippen molar-refractivity contribution < 1.29 is 13.7 Å². The molecule has 26 heavy (non-hydrogen) atoms. The van der Waals surface area contributed by atoms with Crippen molar-refractivity contribution in [3.63, 3.8) is 0 Å². The molecular weight excluding hydrogens is 366 g/mol. The zero-order chi connectivity index (χ0) is 18.8. The van der Waals surface area contributed by atoms with Crippen LogP contribution in [-0.4, -0.2) is 19.9 Å². The van der Waals surface area contributed by atoms with Crippen molar-refractivity contribution in [2.24, 2.45) is 0 Å². The van der Waals surface area contributed by atoms with Crippen molar-refractivity contribution in [3.05, 3.63) is 56.8 Å². The number of aryl methyl sites for hydroxylation is 2. The van der Waals surface area contributed by atoms with E-state index in [-0.39, 0.29) is 17.3 Å². The number of aromatic nitrogens is 3. The van der Waals surface area contributed by atoms with Crippen molar-refractivity contribution in [2.45, 2.75) is 13.8 Å². The molecule has 0 radical (unpaired) electrons. The summed E-state index contributed by atoms with van der Waals surface area (Å²) in [5, 5.41) is 17.4. The Morgan fingerprint density at radius 3 is 2.38 bits per heavy atom. The van der Waals surface area contributed by atoms with Gasteiger partial charge in [0.1, 0.15) is 6.33 Å². The Morgan fingerprint density at radius 1 is 1.12 bits per heavy atom. The quantitative estimate of drug-likeness (QED) is 0.506. The van der Waals surface area contributed by atoms with Crippen LogP contribution in [0.3, 0.4) is 0 Å². The number of nitrogens with one attached hydrogen (secondary N) is 2. The second-order valence-corrected chi connectivity index (χ2v) is 6.42. The van der Waals surface area contributed by atoms with Crippen LogP contribution < -0.4 is 10.6 Å². The van der Waals surface area contributed by atoms with Crippen LogP contribution in [0, 0.1) is 35.6 Å². The van der Waals surface area contributed by atoms with Crippen molar-refractivity contribution in [3.8, 4) is 0 Å². The van der Waals surface area contributed by atoms with Crippen molar-refractivity contribution in [2.75, 3.05) is 10.6 Å². The highest BCUT2D eigenvalue weighted by Crippen LogP contribution is 2.34. The number of thiazole rings is 1. The van der Waals surface area contributed by atoms with Crippen LogP contribution in [0.5, 0.6) is 0 Å². The van der Waals surface area contributed by atoms with E-state index in [4.69, 9.17) is 0 Å². The Labute approximate surface area is 150 Å². The second-order valence-electron chi connectivity index (χ2n) is 5.22. The molecule has 0 amide bonds. The molecule has 11 heteroatoms. The molecule has 2 aromatic heterocycles. The zero-order valence-electron chi connectivity index (χ0n) is 13.6. The van der Waals surface area contributed by atoms with Crippen LogP contribution >= 0.6 is 11.3 Å². The van der Waals surface area contributed by atoms with Gasteiger partial charge in [0.2, 0.25) is 11.6 Å². The number of hydrogen-bond donors (Lipinski definition) is 2. The fraction of sp³-hybridized carbons (Fsp3) is 0.133. The van der Waals surface area contributed by atoms with Gasteiger partial charge in [0.25, 0.3) is 0 Å². The molecule has 0 unspecified atom stereocenters. The molecule has 1 aromatic carbocycles. The summed E-state index contributed by atoms with van der Waals surface area (Å²) in [4.78, 5) is 23.8. The summed E-state index contributed by atoms with van der Waals surface area (Å²) in [5.74, 6) is -2.34. The van der Waals surface area contributed by atoms with Gasteiger partial charge in [-0.05, 0) is 26.0 Å². The number of hydrogen-bond acceptors (Lipinski definition) is 8. The number of nitrogens with zero attached hydrogens (tertiary/aromatic N) is 4. The number of rotatable bonds is 5. The maximum Gasteiger partial charge on any atom is 0.353 e. The fourth-order valence-corrected chi connectivity index (χ4v) is 2.89. The van der Waals surface area contributed by atoms with E-state index in [1.807, 2.05) is 13.8 Å². The van der Waals surface area contributed by atoms with E-state index in [0.717, 1.165) is 29.0 Å². The van der Waals surface area contributed by atoms with E-state index >= 15 is 0 Å². The molecule has 134 valence electrons. The van der Waals surface area contributed by atoms with Crippen LogP contribution in [0.25, 0.3) is 0 Å². The molecule has 3 rings (SSSR count). The second kappa shape index (κ2) is 6.96. The first-order valence-electron chi connectivity index (χ1n) is 7.27. The van der Waals surface area contributed by atoms with Gasteiger partial charge in [-0.25, -0.2) is 23.7 Å². The van der Waals surface area contributed by atoms with Gasteiger partial charge < -0.3 is 10.6 Å². The predicted molar refractivity (Wildman–Crippen MR) is 93.2 cm³/mol. The van der Waals surface area contributed by atoms with E-state index in [0.29, 0.717) is 5.13 Å². The maximum atomic E-state index is 13.3. The van der Waals surface area contributed by atoms with Gasteiger partial charge >= 0.3 is 5.69 Å². The molecule has 2 N–H and O–H groups in total. The van der Waals surface area contributed by atoms with Crippen LogP contribution in [-0.2, 0) is 0 Å². The zero-order valence-corrected chi connectivity index (χ0v) is 14.4. The summed E-state index contributed by atoms with van der Waals surface area (Å²) in [7, 11) is 0. The molecule has 0 atom stereocenters. The third-order valence-corrected chi connectivity index (χ3v) is 4.43. The first kappa shape index (κ1) is 17.6. The average Bonchev–Trinajstić information content (AvgIpc) is 2.88. The Balaban J connectivity index is 1.97. The molecule has 3 aromatic rings. The summed E-state index contributed by atoms with van der Waals surface area (Å²) >= 11 is 1.33. The fourth-order valence-electron chi connectivity index (χ4n) is 2.07. The molecule has 8 nitrogen and oxygen atoms in total. The Kier molecular flexibility index (Phi) is 4.71. The summed E-state index contributed by atoms with van der Waals surface area (Å²) in [6.07, 6.45) is 1.12. The monoisotopic (exact) mass is 378 g/mol. The summed E-state index contributed by atoms with van der Waals surface area (Å²) in [6, 6.07) is 3.03. The van der Waals surface area contributed by atoms with Crippen LogP contribution in [0.15, 0.2) is 24.5 Å². The minimum absolute atomic E-state index is 0.0659. The normalized spacial score (nSPS) is 10.6. The lowest BCUT2D eigenvalue weighted by atomic mass is 10.3. The highest BCUT2D eigenvalue weighted by molar-refractivity contribution is 7.15. The molecule has 0 saturated carbocycles. The van der Waals surface area contributed by atoms with Gasteiger partial charge in [-0.3, -0.25) is 10.1 Å². The van der Waals surface area contributed by atoms with Gasteiger partial charge in [-0.15, -0.1) is 11.3 Å². The lowest BCUT2D eigenvalue weighted by Crippen LogP contribution is -2.05. The van der Waals surface area contributed by atoms with Crippen molar-refractivity contribution in [1.29, 1.82) is 0 Å². The summed E-state index contributed by atoms with van der Waals surface area (Å²) < 4.78 is 26.4. The SMILES string of the molecule is Cc1nc(Nc2ncnc(Nc3ccc(F)c(F)c3)c2[N+](=O)[O-])sc1C. The Hall–Kier alpha value is -3.21. The molecule has 0 bridgehead atoms. The highest BCUT2D eigenvalue weighted by Gasteiger charge is 2.24. The standard InChI is InChI=1S/C15H12F2N6O2S/c1-7-8(2)26-15(20-7)22-14-12(23(24)25)13(18-6-19-14)21-9-3-4-10(16)11(17)5-9/h3-6H,1-2H3,(H2,18,19,20,21,22). The molecule has 2 heterocycles. The molecule has 0 aliphatic heterocycles. The lowest BCUT2D eigenvalue weighted by Gasteiger charge is -2.09. The van der Waals surface area contributed by atoms with Crippen molar-refractivity contribution in [1.82, 2.24) is 15.0 Å². The van der Waals surface area contributed by atoms with Gasteiger partial charge in [-0.1, -0.05) is 0 Å². The largest absolute Gasteiger partial charge is 0.353 e. The number of anilines is 4. The van der Waals surface area contributed by atoms with Crippen LogP contribution in [0.1, 0.15) is 10.6 Å². The minimum atomic E-state index is -1.08. The van der Waals surface area contributed by atoms with Gasteiger partial charge in [0, 0.05) is 16.6 Å². The van der Waals surface area contributed by atoms with Gasteiger partial charge in [0.05, 0.1) is 10.6 Å². The van der Waals surface area contributed by atoms with E-state index in [1.54, 1.807) is 0 Å². The first-order valence-corrected chi connectivity index (χ1v) is 8.09. The Bertz CT molecular complexity index is 975. The minimum Gasteiger partial charge on any atom is -0.334 e. The van der Waals surface area contributed by atoms with Gasteiger partial charge in [0.15, 0.2) is 16.8 Å². The van der Waals surface area contributed by atoms with Gasteiger partial charge in [-0.2, -0.15) is 0 Å². The maximum absolute atomic E-state index is 13.3. The number of benzene rings is 1. The topological polar surface area (TPSA) is 106 Å². The molecule has 0 saturated heterocycles. The summed E-state index contributed by atoms with van der Waals surface area (Å²) in [6.45, 7) is 3.70. The molecular formula is C15H12F2N6O2S. The number of halogens is 2. The van der Waals surface area contributed by atoms with E-state index in [1.165, 1.54) is 17.4 Å². The third kappa shape index (κ3) is 3.57. The summed E-state index contributed by atoms with van der Waals surface area (Å²) in [5.41, 5.74) is 0.467. The van der Waals surface area contributed by atoms with E-state index < -0.39 is 22.2 Å². The molecule has 0 spiro atoms.